The Balaban J connectivity index is 2.83. The first-order valence-electron chi connectivity index (χ1n) is 4.18. The van der Waals surface area contributed by atoms with Crippen molar-refractivity contribution in [1.82, 2.24) is 0 Å². The lowest BCUT2D eigenvalue weighted by Gasteiger charge is -2.07. The van der Waals surface area contributed by atoms with Crippen molar-refractivity contribution < 1.29 is 4.79 Å². The van der Waals surface area contributed by atoms with Gasteiger partial charge in [0.2, 0.25) is 0 Å². The predicted octanol–water partition coefficient (Wildman–Crippen LogP) is 1.53. The highest BCUT2D eigenvalue weighted by atomic mass is 32.1. The summed E-state index contributed by atoms with van der Waals surface area (Å²) in [6.07, 6.45) is 0. The van der Waals surface area contributed by atoms with E-state index in [0.717, 1.165) is 11.3 Å². The van der Waals surface area contributed by atoms with Gasteiger partial charge in [0.05, 0.1) is 0 Å². The quantitative estimate of drug-likeness (QED) is 0.688. The average Bonchev–Trinajstić information content (AvgIpc) is 2.11. The Labute approximate surface area is 88.3 Å². The van der Waals surface area contributed by atoms with Crippen molar-refractivity contribution in [1.29, 1.82) is 0 Å². The Morgan fingerprint density at radius 3 is 2.50 bits per heavy atom. The van der Waals surface area contributed by atoms with Crippen LogP contribution in [0.25, 0.3) is 0 Å². The van der Waals surface area contributed by atoms with Crippen molar-refractivity contribution in [3.05, 3.63) is 29.3 Å². The fourth-order valence-electron chi connectivity index (χ4n) is 1.01. The summed E-state index contributed by atoms with van der Waals surface area (Å²) in [5.74, 6) is -0.613. The van der Waals surface area contributed by atoms with E-state index in [1.165, 1.54) is 5.56 Å². The van der Waals surface area contributed by atoms with Crippen LogP contribution in [0.5, 0.6) is 0 Å². The Morgan fingerprint density at radius 1 is 1.36 bits per heavy atom. The zero-order valence-electron chi connectivity index (χ0n) is 8.13. The van der Waals surface area contributed by atoms with Crippen LogP contribution in [0.15, 0.2) is 18.2 Å². The lowest BCUT2D eigenvalue weighted by molar-refractivity contribution is -0.111. The second kappa shape index (κ2) is 4.19. The number of thiocarbonyl (C=S) groups is 1. The minimum atomic E-state index is -0.613. The lowest BCUT2D eigenvalue weighted by atomic mass is 10.1. The summed E-state index contributed by atoms with van der Waals surface area (Å²) in [4.78, 5) is 10.7. The molecule has 1 amide bonds. The molecule has 4 heteroatoms. The minimum absolute atomic E-state index is 0.0354. The summed E-state index contributed by atoms with van der Waals surface area (Å²) < 4.78 is 0. The number of hydrogen-bond acceptors (Lipinski definition) is 2. The highest BCUT2D eigenvalue weighted by Gasteiger charge is 2.04. The number of aryl methyl sites for hydroxylation is 2. The van der Waals surface area contributed by atoms with Gasteiger partial charge in [0.25, 0.3) is 5.91 Å². The van der Waals surface area contributed by atoms with Gasteiger partial charge in [-0.15, -0.1) is 0 Å². The number of anilines is 1. The van der Waals surface area contributed by atoms with E-state index in [1.54, 1.807) is 0 Å². The topological polar surface area (TPSA) is 55.1 Å². The highest BCUT2D eigenvalue weighted by Crippen LogP contribution is 2.13. The van der Waals surface area contributed by atoms with E-state index in [4.69, 9.17) is 18.0 Å². The third kappa shape index (κ3) is 2.53. The van der Waals surface area contributed by atoms with Crippen LogP contribution in [-0.2, 0) is 4.79 Å². The molecular weight excluding hydrogens is 196 g/mol. The summed E-state index contributed by atoms with van der Waals surface area (Å²) in [5, 5.41) is 2.77. The number of rotatable bonds is 1. The van der Waals surface area contributed by atoms with Crippen molar-refractivity contribution in [3.63, 3.8) is 0 Å². The number of hydrogen-bond donors (Lipinski definition) is 2. The molecule has 0 aromatic heterocycles. The zero-order chi connectivity index (χ0) is 10.7. The van der Waals surface area contributed by atoms with E-state index < -0.39 is 5.91 Å². The first-order chi connectivity index (χ1) is 6.50. The van der Waals surface area contributed by atoms with Gasteiger partial charge in [0.1, 0.15) is 0 Å². The van der Waals surface area contributed by atoms with Crippen LogP contribution in [-0.4, -0.2) is 10.9 Å². The molecule has 0 bridgehead atoms. The van der Waals surface area contributed by atoms with Gasteiger partial charge in [-0.3, -0.25) is 4.79 Å². The Hall–Kier alpha value is -1.42. The Bertz CT molecular complexity index is 388. The molecule has 3 N–H and O–H groups in total. The maximum atomic E-state index is 10.7. The molecule has 1 aromatic carbocycles. The minimum Gasteiger partial charge on any atom is -0.364 e. The van der Waals surface area contributed by atoms with E-state index in [-0.39, 0.29) is 4.99 Å². The molecule has 74 valence electrons. The van der Waals surface area contributed by atoms with Crippen molar-refractivity contribution in [2.75, 3.05) is 5.32 Å². The summed E-state index contributed by atoms with van der Waals surface area (Å²) >= 11 is 4.75. The number of nitrogens with two attached hydrogens (primary N) is 1. The largest absolute Gasteiger partial charge is 0.364 e. The normalized spacial score (nSPS) is 9.57. The fourth-order valence-corrected chi connectivity index (χ4v) is 1.13. The summed E-state index contributed by atoms with van der Waals surface area (Å²) in [6.45, 7) is 4.01. The summed E-state index contributed by atoms with van der Waals surface area (Å²) in [7, 11) is 0. The molecule has 14 heavy (non-hydrogen) atoms. The molecule has 0 heterocycles. The molecule has 3 nitrogen and oxygen atoms in total. The third-order valence-corrected chi connectivity index (χ3v) is 2.29. The van der Waals surface area contributed by atoms with Crippen LogP contribution >= 0.6 is 12.2 Å². The second-order valence-electron chi connectivity index (χ2n) is 3.12. The average molecular weight is 208 g/mol. The van der Waals surface area contributed by atoms with Crippen molar-refractivity contribution in [2.24, 2.45) is 5.73 Å². The van der Waals surface area contributed by atoms with Gasteiger partial charge in [0, 0.05) is 5.69 Å². The standard InChI is InChI=1S/C10H12N2OS/c1-6-3-4-8(5-7(6)2)12-10(14)9(11)13/h3-5H,1-2H3,(H2,11,13)(H,12,14). The molecule has 0 fully saturated rings. The first-order valence-corrected chi connectivity index (χ1v) is 4.59. The number of benzene rings is 1. The molecule has 1 rings (SSSR count). The molecular formula is C10H12N2OS. The van der Waals surface area contributed by atoms with E-state index in [1.807, 2.05) is 32.0 Å². The van der Waals surface area contributed by atoms with Crippen LogP contribution in [0.1, 0.15) is 11.1 Å². The summed E-state index contributed by atoms with van der Waals surface area (Å²) in [6, 6.07) is 5.74. The summed E-state index contributed by atoms with van der Waals surface area (Å²) in [5.41, 5.74) is 8.13. The Morgan fingerprint density at radius 2 is 2.00 bits per heavy atom. The molecule has 0 aliphatic carbocycles. The van der Waals surface area contributed by atoms with Crippen LogP contribution in [0.2, 0.25) is 0 Å². The van der Waals surface area contributed by atoms with Gasteiger partial charge in [-0.2, -0.15) is 0 Å². The van der Waals surface area contributed by atoms with Crippen LogP contribution in [0, 0.1) is 13.8 Å². The van der Waals surface area contributed by atoms with Crippen molar-refractivity contribution in [3.8, 4) is 0 Å². The predicted molar refractivity (Wildman–Crippen MR) is 61.3 cm³/mol. The molecule has 0 aliphatic rings. The number of carbonyl (C=O) groups is 1. The number of nitrogens with one attached hydrogen (secondary N) is 1. The van der Waals surface area contributed by atoms with Gasteiger partial charge < -0.3 is 11.1 Å². The van der Waals surface area contributed by atoms with E-state index in [2.05, 4.69) is 5.32 Å². The van der Waals surface area contributed by atoms with Gasteiger partial charge in [-0.05, 0) is 37.1 Å². The smallest absolute Gasteiger partial charge is 0.276 e. The monoisotopic (exact) mass is 208 g/mol. The van der Waals surface area contributed by atoms with Gasteiger partial charge in [-0.1, -0.05) is 18.3 Å². The first kappa shape index (κ1) is 10.7. The number of amides is 1. The van der Waals surface area contributed by atoms with Gasteiger partial charge >= 0.3 is 0 Å². The maximum absolute atomic E-state index is 10.7. The number of primary amides is 1. The second-order valence-corrected chi connectivity index (χ2v) is 3.53. The van der Waals surface area contributed by atoms with E-state index in [0.29, 0.717) is 0 Å². The Kier molecular flexibility index (Phi) is 3.19. The molecule has 0 saturated carbocycles. The molecule has 0 saturated heterocycles. The van der Waals surface area contributed by atoms with Crippen LogP contribution in [0.3, 0.4) is 0 Å². The van der Waals surface area contributed by atoms with Crippen LogP contribution in [0.4, 0.5) is 5.69 Å². The van der Waals surface area contributed by atoms with Gasteiger partial charge in [-0.25, -0.2) is 0 Å². The van der Waals surface area contributed by atoms with E-state index >= 15 is 0 Å². The van der Waals surface area contributed by atoms with Gasteiger partial charge in [0.15, 0.2) is 4.99 Å². The molecule has 0 unspecified atom stereocenters. The molecule has 0 atom stereocenters. The van der Waals surface area contributed by atoms with E-state index in [9.17, 15) is 4.79 Å². The van der Waals surface area contributed by atoms with Crippen LogP contribution < -0.4 is 11.1 Å². The highest BCUT2D eigenvalue weighted by molar-refractivity contribution is 7.82. The molecule has 0 radical (unpaired) electrons. The SMILES string of the molecule is Cc1ccc(NC(=S)C(N)=O)cc1C. The molecule has 1 aromatic rings. The molecule has 0 aliphatic heterocycles. The van der Waals surface area contributed by atoms with Crippen molar-refractivity contribution in [2.45, 2.75) is 13.8 Å². The zero-order valence-corrected chi connectivity index (χ0v) is 8.94. The van der Waals surface area contributed by atoms with Crippen molar-refractivity contribution >= 4 is 28.8 Å². The lowest BCUT2D eigenvalue weighted by Crippen LogP contribution is -2.27. The fraction of sp³-hybridized carbons (Fsp3) is 0.200. The maximum Gasteiger partial charge on any atom is 0.276 e. The third-order valence-electron chi connectivity index (χ3n) is 1.99. The number of carbonyl (C=O) groups excluding carboxylic acids is 1. The molecule has 0 spiro atoms.